The molecule has 86 valence electrons. The second kappa shape index (κ2) is 5.22. The Morgan fingerprint density at radius 2 is 1.69 bits per heavy atom. The standard InChI is InChI=1S/C10H10FNO4/c11-7-3-1-6(2-4-7)5-12-8(9(13)14)10(15)16/h1-4,8,12H,5H2,(H,13,14)(H,15,16). The summed E-state index contributed by atoms with van der Waals surface area (Å²) in [5, 5.41) is 19.5. The molecule has 0 bridgehead atoms. The van der Waals surface area contributed by atoms with Crippen LogP contribution in [0.1, 0.15) is 5.56 Å². The molecule has 0 unspecified atom stereocenters. The topological polar surface area (TPSA) is 86.6 Å². The lowest BCUT2D eigenvalue weighted by atomic mass is 10.2. The third kappa shape index (κ3) is 3.32. The Morgan fingerprint density at radius 3 is 2.12 bits per heavy atom. The number of benzene rings is 1. The van der Waals surface area contributed by atoms with E-state index in [1.807, 2.05) is 0 Å². The highest BCUT2D eigenvalue weighted by atomic mass is 19.1. The molecule has 0 aliphatic heterocycles. The van der Waals surface area contributed by atoms with Crippen LogP contribution >= 0.6 is 0 Å². The molecular weight excluding hydrogens is 217 g/mol. The first-order chi connectivity index (χ1) is 7.50. The zero-order valence-corrected chi connectivity index (χ0v) is 8.18. The molecule has 0 atom stereocenters. The number of carboxylic acid groups (broad SMARTS) is 2. The SMILES string of the molecule is O=C(O)C(NCc1ccc(F)cc1)C(=O)O. The third-order valence-electron chi connectivity index (χ3n) is 1.92. The van der Waals surface area contributed by atoms with Crippen molar-refractivity contribution >= 4 is 11.9 Å². The number of carbonyl (C=O) groups is 2. The highest BCUT2D eigenvalue weighted by molar-refractivity contribution is 5.97. The number of halogens is 1. The van der Waals surface area contributed by atoms with Gasteiger partial charge >= 0.3 is 11.9 Å². The van der Waals surface area contributed by atoms with Crippen molar-refractivity contribution in [1.29, 1.82) is 0 Å². The smallest absolute Gasteiger partial charge is 0.332 e. The van der Waals surface area contributed by atoms with E-state index in [-0.39, 0.29) is 6.54 Å². The average Bonchev–Trinajstić information content (AvgIpc) is 2.20. The van der Waals surface area contributed by atoms with E-state index >= 15 is 0 Å². The first-order valence-corrected chi connectivity index (χ1v) is 4.44. The van der Waals surface area contributed by atoms with Crippen molar-refractivity contribution in [1.82, 2.24) is 5.32 Å². The zero-order valence-electron chi connectivity index (χ0n) is 8.18. The van der Waals surface area contributed by atoms with Gasteiger partial charge in [0.05, 0.1) is 0 Å². The minimum atomic E-state index is -1.66. The molecule has 0 amide bonds. The molecule has 0 aliphatic carbocycles. The minimum absolute atomic E-state index is 0.0452. The molecule has 0 aliphatic rings. The van der Waals surface area contributed by atoms with Gasteiger partial charge in [-0.2, -0.15) is 0 Å². The Balaban J connectivity index is 2.59. The molecule has 0 fully saturated rings. The number of hydrogen-bond acceptors (Lipinski definition) is 3. The number of aliphatic carboxylic acids is 2. The van der Waals surface area contributed by atoms with Crippen LogP contribution in [-0.4, -0.2) is 28.2 Å². The van der Waals surface area contributed by atoms with E-state index in [1.165, 1.54) is 24.3 Å². The fourth-order valence-electron chi connectivity index (χ4n) is 1.10. The van der Waals surface area contributed by atoms with Gasteiger partial charge in [0.15, 0.2) is 0 Å². The summed E-state index contributed by atoms with van der Waals surface area (Å²) in [5.41, 5.74) is 0.605. The molecule has 1 aromatic carbocycles. The number of nitrogens with one attached hydrogen (secondary N) is 1. The minimum Gasteiger partial charge on any atom is -0.480 e. The van der Waals surface area contributed by atoms with Crippen LogP contribution in [-0.2, 0) is 16.1 Å². The lowest BCUT2D eigenvalue weighted by molar-refractivity contribution is -0.151. The van der Waals surface area contributed by atoms with Crippen molar-refractivity contribution in [2.75, 3.05) is 0 Å². The van der Waals surface area contributed by atoms with Crippen LogP contribution in [0.4, 0.5) is 4.39 Å². The third-order valence-corrected chi connectivity index (χ3v) is 1.92. The Labute approximate surface area is 90.5 Å². The molecule has 0 aromatic heterocycles. The predicted molar refractivity (Wildman–Crippen MR) is 52.3 cm³/mol. The second-order valence-corrected chi connectivity index (χ2v) is 3.12. The fourth-order valence-corrected chi connectivity index (χ4v) is 1.10. The van der Waals surface area contributed by atoms with Gasteiger partial charge in [-0.3, -0.25) is 5.32 Å². The summed E-state index contributed by atoms with van der Waals surface area (Å²) in [6, 6.07) is 3.66. The van der Waals surface area contributed by atoms with Crippen molar-refractivity contribution in [2.24, 2.45) is 0 Å². The van der Waals surface area contributed by atoms with Gasteiger partial charge < -0.3 is 10.2 Å². The Bertz CT molecular complexity index is 376. The summed E-state index contributed by atoms with van der Waals surface area (Å²) in [4.78, 5) is 21.0. The van der Waals surface area contributed by atoms with E-state index in [4.69, 9.17) is 10.2 Å². The van der Waals surface area contributed by atoms with Crippen LogP contribution in [0.2, 0.25) is 0 Å². The van der Waals surface area contributed by atoms with Gasteiger partial charge in [-0.05, 0) is 17.7 Å². The molecule has 6 heteroatoms. The number of rotatable bonds is 5. The van der Waals surface area contributed by atoms with Gasteiger partial charge in [0.1, 0.15) is 5.82 Å². The van der Waals surface area contributed by atoms with E-state index in [0.29, 0.717) is 5.56 Å². The molecule has 1 aromatic rings. The summed E-state index contributed by atoms with van der Waals surface area (Å²) in [7, 11) is 0. The summed E-state index contributed by atoms with van der Waals surface area (Å²) in [6.45, 7) is 0.0452. The molecule has 0 heterocycles. The van der Waals surface area contributed by atoms with Crippen molar-refractivity contribution in [3.8, 4) is 0 Å². The van der Waals surface area contributed by atoms with E-state index < -0.39 is 23.8 Å². The maximum absolute atomic E-state index is 12.5. The van der Waals surface area contributed by atoms with E-state index in [9.17, 15) is 14.0 Å². The first-order valence-electron chi connectivity index (χ1n) is 4.44. The molecule has 0 radical (unpaired) electrons. The highest BCUT2D eigenvalue weighted by Gasteiger charge is 2.24. The molecular formula is C10H10FNO4. The van der Waals surface area contributed by atoms with Gasteiger partial charge in [0.2, 0.25) is 6.04 Å². The monoisotopic (exact) mass is 227 g/mol. The summed E-state index contributed by atoms with van der Waals surface area (Å²) >= 11 is 0. The van der Waals surface area contributed by atoms with Gasteiger partial charge in [-0.15, -0.1) is 0 Å². The molecule has 3 N–H and O–H groups in total. The lowest BCUT2D eigenvalue weighted by Crippen LogP contribution is -2.42. The van der Waals surface area contributed by atoms with E-state index in [2.05, 4.69) is 5.32 Å². The highest BCUT2D eigenvalue weighted by Crippen LogP contribution is 2.02. The van der Waals surface area contributed by atoms with Crippen molar-refractivity contribution in [3.05, 3.63) is 35.6 Å². The normalized spacial score (nSPS) is 10.4. The summed E-state index contributed by atoms with van der Waals surface area (Å²) < 4.78 is 12.5. The molecule has 0 saturated carbocycles. The van der Waals surface area contributed by atoms with E-state index in [1.54, 1.807) is 0 Å². The molecule has 5 nitrogen and oxygen atoms in total. The van der Waals surface area contributed by atoms with Crippen molar-refractivity contribution in [2.45, 2.75) is 12.6 Å². The van der Waals surface area contributed by atoms with Crippen LogP contribution in [0, 0.1) is 5.82 Å². The van der Waals surface area contributed by atoms with Crippen LogP contribution in [0.15, 0.2) is 24.3 Å². The van der Waals surface area contributed by atoms with Gasteiger partial charge in [-0.25, -0.2) is 14.0 Å². The summed E-state index contributed by atoms with van der Waals surface area (Å²) in [6.07, 6.45) is 0. The van der Waals surface area contributed by atoms with Crippen LogP contribution in [0.5, 0.6) is 0 Å². The molecule has 16 heavy (non-hydrogen) atoms. The predicted octanol–water partition coefficient (Wildman–Crippen LogP) is 0.453. The van der Waals surface area contributed by atoms with Crippen LogP contribution in [0.25, 0.3) is 0 Å². The molecule has 0 saturated heterocycles. The second-order valence-electron chi connectivity index (χ2n) is 3.12. The summed E-state index contributed by atoms with van der Waals surface area (Å²) in [5.74, 6) is -3.33. The van der Waals surface area contributed by atoms with Crippen LogP contribution < -0.4 is 5.32 Å². The number of hydrogen-bond donors (Lipinski definition) is 3. The number of carboxylic acids is 2. The van der Waals surface area contributed by atoms with Gasteiger partial charge in [-0.1, -0.05) is 12.1 Å². The van der Waals surface area contributed by atoms with Gasteiger partial charge in [0.25, 0.3) is 0 Å². The first kappa shape index (κ1) is 12.1. The van der Waals surface area contributed by atoms with Crippen molar-refractivity contribution < 1.29 is 24.2 Å². The van der Waals surface area contributed by atoms with Crippen LogP contribution in [0.3, 0.4) is 0 Å². The van der Waals surface area contributed by atoms with Gasteiger partial charge in [0, 0.05) is 6.54 Å². The average molecular weight is 227 g/mol. The zero-order chi connectivity index (χ0) is 12.1. The van der Waals surface area contributed by atoms with Crippen molar-refractivity contribution in [3.63, 3.8) is 0 Å². The Hall–Kier alpha value is -1.95. The fraction of sp³-hybridized carbons (Fsp3) is 0.200. The largest absolute Gasteiger partial charge is 0.480 e. The van der Waals surface area contributed by atoms with E-state index in [0.717, 1.165) is 0 Å². The molecule has 0 spiro atoms. The quantitative estimate of drug-likeness (QED) is 0.636. The Kier molecular flexibility index (Phi) is 3.96. The lowest BCUT2D eigenvalue weighted by Gasteiger charge is -2.09. The maximum atomic E-state index is 12.5. The maximum Gasteiger partial charge on any atom is 0.332 e. The molecule has 1 rings (SSSR count). The Morgan fingerprint density at radius 1 is 1.19 bits per heavy atom.